The predicted molar refractivity (Wildman–Crippen MR) is 103 cm³/mol. The Kier molecular flexibility index (Phi) is 4.47. The second kappa shape index (κ2) is 7.08. The largest absolute Gasteiger partial charge is 0.336 e. The van der Waals surface area contributed by atoms with Crippen LogP contribution in [0.2, 0.25) is 0 Å². The van der Waals surface area contributed by atoms with Crippen LogP contribution in [0.4, 0.5) is 0 Å². The van der Waals surface area contributed by atoms with E-state index in [1.807, 2.05) is 47.1 Å². The average molecular weight is 356 g/mol. The standard InChI is InChI=1S/C22H20N4O/c1-25(15-17-12-10-16(14-23)11-13-17)22(27)21-19-8-5-9-20(19)26(24-21)18-6-3-2-4-7-18/h2-4,6-7,10-13H,5,8-9,15H2,1H3. The smallest absolute Gasteiger partial charge is 0.274 e. The molecule has 4 rings (SSSR count). The summed E-state index contributed by atoms with van der Waals surface area (Å²) in [6.45, 7) is 0.484. The lowest BCUT2D eigenvalue weighted by atomic mass is 10.1. The minimum absolute atomic E-state index is 0.0628. The fourth-order valence-electron chi connectivity index (χ4n) is 3.60. The van der Waals surface area contributed by atoms with E-state index < -0.39 is 0 Å². The molecule has 0 radical (unpaired) electrons. The van der Waals surface area contributed by atoms with Crippen LogP contribution < -0.4 is 0 Å². The number of carbonyl (C=O) groups excluding carboxylic acids is 1. The van der Waals surface area contributed by atoms with Gasteiger partial charge in [-0.15, -0.1) is 0 Å². The topological polar surface area (TPSA) is 61.9 Å². The highest BCUT2D eigenvalue weighted by molar-refractivity contribution is 5.94. The Hall–Kier alpha value is -3.39. The van der Waals surface area contributed by atoms with E-state index in [1.165, 1.54) is 0 Å². The first-order valence-corrected chi connectivity index (χ1v) is 9.08. The van der Waals surface area contributed by atoms with E-state index in [4.69, 9.17) is 5.26 Å². The lowest BCUT2D eigenvalue weighted by molar-refractivity contribution is 0.0777. The third-order valence-corrected chi connectivity index (χ3v) is 4.98. The van der Waals surface area contributed by atoms with E-state index in [0.717, 1.165) is 41.8 Å². The van der Waals surface area contributed by atoms with Crippen LogP contribution in [0.5, 0.6) is 0 Å². The molecular formula is C22H20N4O. The maximum atomic E-state index is 13.1. The summed E-state index contributed by atoms with van der Waals surface area (Å²) in [6.07, 6.45) is 2.90. The van der Waals surface area contributed by atoms with Crippen molar-refractivity contribution in [3.63, 3.8) is 0 Å². The molecule has 0 spiro atoms. The van der Waals surface area contributed by atoms with E-state index in [1.54, 1.807) is 24.1 Å². The summed E-state index contributed by atoms with van der Waals surface area (Å²) in [5, 5.41) is 13.6. The molecule has 0 bridgehead atoms. The van der Waals surface area contributed by atoms with Gasteiger partial charge in [0.15, 0.2) is 5.69 Å². The molecule has 1 aliphatic carbocycles. The number of nitriles is 1. The van der Waals surface area contributed by atoms with Gasteiger partial charge in [-0.1, -0.05) is 30.3 Å². The highest BCUT2D eigenvalue weighted by Crippen LogP contribution is 2.28. The Balaban J connectivity index is 1.61. The molecule has 2 aromatic carbocycles. The number of aromatic nitrogens is 2. The Morgan fingerprint density at radius 1 is 1.15 bits per heavy atom. The summed E-state index contributed by atoms with van der Waals surface area (Å²) in [5.41, 5.74) is 5.38. The predicted octanol–water partition coefficient (Wildman–Crippen LogP) is 3.50. The summed E-state index contributed by atoms with van der Waals surface area (Å²) in [4.78, 5) is 14.8. The van der Waals surface area contributed by atoms with Crippen LogP contribution in [0.25, 0.3) is 5.69 Å². The number of para-hydroxylation sites is 1. The number of fused-ring (bicyclic) bond motifs is 1. The number of nitrogens with zero attached hydrogens (tertiary/aromatic N) is 4. The van der Waals surface area contributed by atoms with Crippen LogP contribution in [0.15, 0.2) is 54.6 Å². The molecule has 0 atom stereocenters. The van der Waals surface area contributed by atoms with E-state index in [9.17, 15) is 4.79 Å². The molecule has 27 heavy (non-hydrogen) atoms. The van der Waals surface area contributed by atoms with Gasteiger partial charge >= 0.3 is 0 Å². The van der Waals surface area contributed by atoms with Crippen molar-refractivity contribution in [3.05, 3.63) is 82.7 Å². The maximum Gasteiger partial charge on any atom is 0.274 e. The average Bonchev–Trinajstić information content (AvgIpc) is 3.31. The first-order valence-electron chi connectivity index (χ1n) is 9.08. The van der Waals surface area contributed by atoms with Gasteiger partial charge in [0.1, 0.15) is 0 Å². The van der Waals surface area contributed by atoms with Crippen molar-refractivity contribution in [1.29, 1.82) is 5.26 Å². The number of benzene rings is 2. The molecule has 0 aliphatic heterocycles. The molecule has 0 saturated carbocycles. The van der Waals surface area contributed by atoms with Gasteiger partial charge in [-0.05, 0) is 49.1 Å². The summed E-state index contributed by atoms with van der Waals surface area (Å²) in [5.74, 6) is -0.0628. The van der Waals surface area contributed by atoms with E-state index in [2.05, 4.69) is 11.2 Å². The number of rotatable bonds is 4. The Morgan fingerprint density at radius 2 is 1.89 bits per heavy atom. The molecule has 1 amide bonds. The monoisotopic (exact) mass is 356 g/mol. The highest BCUT2D eigenvalue weighted by Gasteiger charge is 2.28. The molecule has 0 fully saturated rings. The van der Waals surface area contributed by atoms with Gasteiger partial charge < -0.3 is 4.90 Å². The normalized spacial score (nSPS) is 12.4. The quantitative estimate of drug-likeness (QED) is 0.719. The lowest BCUT2D eigenvalue weighted by Gasteiger charge is -2.16. The Morgan fingerprint density at radius 3 is 2.59 bits per heavy atom. The van der Waals surface area contributed by atoms with Crippen LogP contribution in [-0.2, 0) is 19.4 Å². The van der Waals surface area contributed by atoms with Crippen molar-refractivity contribution in [2.45, 2.75) is 25.8 Å². The van der Waals surface area contributed by atoms with Crippen LogP contribution in [-0.4, -0.2) is 27.6 Å². The van der Waals surface area contributed by atoms with E-state index >= 15 is 0 Å². The molecule has 134 valence electrons. The van der Waals surface area contributed by atoms with E-state index in [0.29, 0.717) is 17.8 Å². The van der Waals surface area contributed by atoms with Crippen LogP contribution >= 0.6 is 0 Å². The summed E-state index contributed by atoms with van der Waals surface area (Å²) in [7, 11) is 1.80. The van der Waals surface area contributed by atoms with Crippen molar-refractivity contribution in [2.24, 2.45) is 0 Å². The second-order valence-corrected chi connectivity index (χ2v) is 6.84. The van der Waals surface area contributed by atoms with Crippen molar-refractivity contribution in [3.8, 4) is 11.8 Å². The molecule has 5 heteroatoms. The molecule has 5 nitrogen and oxygen atoms in total. The molecule has 1 aromatic heterocycles. The van der Waals surface area contributed by atoms with Gasteiger partial charge in [0.05, 0.1) is 17.3 Å². The zero-order valence-electron chi connectivity index (χ0n) is 15.2. The van der Waals surface area contributed by atoms with Crippen LogP contribution in [0.3, 0.4) is 0 Å². The third kappa shape index (κ3) is 3.22. The van der Waals surface area contributed by atoms with Crippen molar-refractivity contribution in [1.82, 2.24) is 14.7 Å². The van der Waals surface area contributed by atoms with Gasteiger partial charge in [-0.2, -0.15) is 10.4 Å². The molecule has 1 heterocycles. The van der Waals surface area contributed by atoms with Crippen LogP contribution in [0.1, 0.15) is 39.3 Å². The fourth-order valence-corrected chi connectivity index (χ4v) is 3.60. The van der Waals surface area contributed by atoms with Gasteiger partial charge in [0.2, 0.25) is 0 Å². The van der Waals surface area contributed by atoms with Crippen molar-refractivity contribution in [2.75, 3.05) is 7.05 Å². The summed E-state index contributed by atoms with van der Waals surface area (Å²) < 4.78 is 1.92. The maximum absolute atomic E-state index is 13.1. The minimum Gasteiger partial charge on any atom is -0.336 e. The van der Waals surface area contributed by atoms with E-state index in [-0.39, 0.29) is 5.91 Å². The zero-order chi connectivity index (χ0) is 18.8. The first-order chi connectivity index (χ1) is 13.2. The molecule has 0 saturated heterocycles. The lowest BCUT2D eigenvalue weighted by Crippen LogP contribution is -2.27. The fraction of sp³-hybridized carbons (Fsp3) is 0.227. The van der Waals surface area contributed by atoms with Gasteiger partial charge in [-0.3, -0.25) is 4.79 Å². The molecule has 0 unspecified atom stereocenters. The van der Waals surface area contributed by atoms with Gasteiger partial charge in [0, 0.05) is 24.8 Å². The molecule has 0 N–H and O–H groups in total. The minimum atomic E-state index is -0.0628. The van der Waals surface area contributed by atoms with Gasteiger partial charge in [-0.25, -0.2) is 4.68 Å². The zero-order valence-corrected chi connectivity index (χ0v) is 15.2. The number of hydrogen-bond donors (Lipinski definition) is 0. The second-order valence-electron chi connectivity index (χ2n) is 6.84. The molecular weight excluding hydrogens is 336 g/mol. The Labute approximate surface area is 158 Å². The number of carbonyl (C=O) groups is 1. The molecule has 3 aromatic rings. The summed E-state index contributed by atoms with van der Waals surface area (Å²) >= 11 is 0. The van der Waals surface area contributed by atoms with Crippen LogP contribution in [0, 0.1) is 11.3 Å². The number of amides is 1. The van der Waals surface area contributed by atoms with Crippen molar-refractivity contribution >= 4 is 5.91 Å². The molecule has 1 aliphatic rings. The summed E-state index contributed by atoms with van der Waals surface area (Å²) in [6, 6.07) is 19.4. The SMILES string of the molecule is CN(Cc1ccc(C#N)cc1)C(=O)c1nn(-c2ccccc2)c2c1CCC2. The van der Waals surface area contributed by atoms with Gasteiger partial charge in [0.25, 0.3) is 5.91 Å². The third-order valence-electron chi connectivity index (χ3n) is 4.98. The first kappa shape index (κ1) is 17.0. The number of hydrogen-bond acceptors (Lipinski definition) is 3. The van der Waals surface area contributed by atoms with Crippen molar-refractivity contribution < 1.29 is 4.79 Å². The Bertz CT molecular complexity index is 1010. The highest BCUT2D eigenvalue weighted by atomic mass is 16.2.